The van der Waals surface area contributed by atoms with Gasteiger partial charge in [0.2, 0.25) is 0 Å². The lowest BCUT2D eigenvalue weighted by Crippen LogP contribution is -2.11. The maximum Gasteiger partial charge on any atom is 0.321 e. The van der Waals surface area contributed by atoms with Crippen molar-refractivity contribution in [3.8, 4) is 0 Å². The molecule has 0 unspecified atom stereocenters. The van der Waals surface area contributed by atoms with Gasteiger partial charge in [-0.1, -0.05) is 17.2 Å². The second-order valence-electron chi connectivity index (χ2n) is 3.56. The highest BCUT2D eigenvalue weighted by Crippen LogP contribution is 2.09. The molecule has 0 amide bonds. The molecule has 4 nitrogen and oxygen atoms in total. The van der Waals surface area contributed by atoms with E-state index in [-0.39, 0.29) is 0 Å². The zero-order chi connectivity index (χ0) is 10.8. The SMILES string of the molecule is CC(C)=NN=c1oc2ccccc2n1C. The quantitative estimate of drug-likeness (QED) is 0.516. The number of hydrogen-bond donors (Lipinski definition) is 0. The third-order valence-electron chi connectivity index (χ3n) is 2.05. The van der Waals surface area contributed by atoms with E-state index in [9.17, 15) is 0 Å². The summed E-state index contributed by atoms with van der Waals surface area (Å²) in [6.07, 6.45) is 0. The third-order valence-corrected chi connectivity index (χ3v) is 2.05. The fourth-order valence-corrected chi connectivity index (χ4v) is 1.32. The van der Waals surface area contributed by atoms with Gasteiger partial charge in [0, 0.05) is 12.8 Å². The van der Waals surface area contributed by atoms with E-state index < -0.39 is 0 Å². The lowest BCUT2D eigenvalue weighted by Gasteiger charge is -1.89. The van der Waals surface area contributed by atoms with Crippen LogP contribution in [0.5, 0.6) is 0 Å². The van der Waals surface area contributed by atoms with Crippen molar-refractivity contribution >= 4 is 16.8 Å². The van der Waals surface area contributed by atoms with Crippen molar-refractivity contribution < 1.29 is 4.42 Å². The van der Waals surface area contributed by atoms with Crippen LogP contribution in [0.15, 0.2) is 38.9 Å². The molecule has 0 aliphatic carbocycles. The van der Waals surface area contributed by atoms with Crippen LogP contribution in [0, 0.1) is 0 Å². The molecule has 0 N–H and O–H groups in total. The summed E-state index contributed by atoms with van der Waals surface area (Å²) >= 11 is 0. The van der Waals surface area contributed by atoms with E-state index >= 15 is 0 Å². The van der Waals surface area contributed by atoms with Crippen molar-refractivity contribution in [3.05, 3.63) is 29.9 Å². The maximum absolute atomic E-state index is 5.54. The number of oxazole rings is 1. The van der Waals surface area contributed by atoms with Crippen LogP contribution >= 0.6 is 0 Å². The van der Waals surface area contributed by atoms with Gasteiger partial charge >= 0.3 is 5.68 Å². The van der Waals surface area contributed by atoms with Gasteiger partial charge in [0.05, 0.1) is 5.52 Å². The van der Waals surface area contributed by atoms with Gasteiger partial charge in [-0.15, -0.1) is 0 Å². The van der Waals surface area contributed by atoms with E-state index in [0.29, 0.717) is 5.68 Å². The molecule has 78 valence electrons. The number of fused-ring (bicyclic) bond motifs is 1. The highest BCUT2D eigenvalue weighted by Gasteiger charge is 2.01. The predicted octanol–water partition coefficient (Wildman–Crippen LogP) is 2.07. The van der Waals surface area contributed by atoms with Gasteiger partial charge in [0.25, 0.3) is 0 Å². The fourth-order valence-electron chi connectivity index (χ4n) is 1.32. The molecule has 0 aliphatic rings. The Labute approximate surface area is 87.6 Å². The molecule has 4 heteroatoms. The van der Waals surface area contributed by atoms with Gasteiger partial charge in [-0.3, -0.25) is 4.57 Å². The minimum Gasteiger partial charge on any atom is -0.422 e. The van der Waals surface area contributed by atoms with E-state index in [0.717, 1.165) is 16.8 Å². The number of benzene rings is 1. The molecule has 0 radical (unpaired) electrons. The summed E-state index contributed by atoms with van der Waals surface area (Å²) in [6.45, 7) is 3.79. The van der Waals surface area contributed by atoms with Gasteiger partial charge in [0.1, 0.15) is 0 Å². The summed E-state index contributed by atoms with van der Waals surface area (Å²) in [7, 11) is 1.91. The summed E-state index contributed by atoms with van der Waals surface area (Å²) in [5.74, 6) is 0. The minimum atomic E-state index is 0.511. The first-order chi connectivity index (χ1) is 7.18. The number of aromatic nitrogens is 1. The average Bonchev–Trinajstić information content (AvgIpc) is 2.54. The summed E-state index contributed by atoms with van der Waals surface area (Å²) in [6, 6.07) is 7.80. The van der Waals surface area contributed by atoms with Crippen molar-refractivity contribution in [1.82, 2.24) is 4.57 Å². The normalized spacial score (nSPS) is 12.1. The molecule has 0 bridgehead atoms. The zero-order valence-corrected chi connectivity index (χ0v) is 9.06. The van der Waals surface area contributed by atoms with Crippen LogP contribution in [0.4, 0.5) is 0 Å². The van der Waals surface area contributed by atoms with Crippen molar-refractivity contribution in [1.29, 1.82) is 0 Å². The van der Waals surface area contributed by atoms with E-state index in [1.165, 1.54) is 0 Å². The molecule has 0 aliphatic heterocycles. The second kappa shape index (κ2) is 3.73. The lowest BCUT2D eigenvalue weighted by atomic mass is 10.3. The van der Waals surface area contributed by atoms with Crippen molar-refractivity contribution in [2.75, 3.05) is 0 Å². The summed E-state index contributed by atoms with van der Waals surface area (Å²) in [5, 5.41) is 8.00. The Hall–Kier alpha value is -1.84. The van der Waals surface area contributed by atoms with Crippen LogP contribution in [-0.2, 0) is 7.05 Å². The molecule has 1 aromatic carbocycles. The smallest absolute Gasteiger partial charge is 0.321 e. The van der Waals surface area contributed by atoms with Crippen molar-refractivity contribution in [2.24, 2.45) is 17.3 Å². The Morgan fingerprint density at radius 2 is 2.00 bits per heavy atom. The average molecular weight is 203 g/mol. The molecule has 1 aromatic heterocycles. The van der Waals surface area contributed by atoms with E-state index in [2.05, 4.69) is 10.2 Å². The van der Waals surface area contributed by atoms with E-state index in [4.69, 9.17) is 4.42 Å². The number of aryl methyl sites for hydroxylation is 1. The van der Waals surface area contributed by atoms with Crippen LogP contribution < -0.4 is 5.68 Å². The van der Waals surface area contributed by atoms with Gasteiger partial charge in [-0.25, -0.2) is 0 Å². The van der Waals surface area contributed by atoms with Gasteiger partial charge in [-0.05, 0) is 26.0 Å². The Bertz CT molecular complexity index is 571. The Balaban J connectivity index is 2.68. The molecule has 1 heterocycles. The second-order valence-corrected chi connectivity index (χ2v) is 3.56. The number of para-hydroxylation sites is 2. The van der Waals surface area contributed by atoms with Crippen LogP contribution in [0.25, 0.3) is 11.1 Å². The zero-order valence-electron chi connectivity index (χ0n) is 9.06. The van der Waals surface area contributed by atoms with E-state index in [1.807, 2.05) is 49.7 Å². The molecule has 0 spiro atoms. The first-order valence-corrected chi connectivity index (χ1v) is 4.78. The molecular formula is C11H13N3O. The number of hydrogen-bond acceptors (Lipinski definition) is 3. The van der Waals surface area contributed by atoms with Crippen LogP contribution in [0.3, 0.4) is 0 Å². The number of nitrogens with zero attached hydrogens (tertiary/aromatic N) is 3. The molecular weight excluding hydrogens is 190 g/mol. The van der Waals surface area contributed by atoms with Crippen LogP contribution in [0.2, 0.25) is 0 Å². The maximum atomic E-state index is 5.54. The summed E-state index contributed by atoms with van der Waals surface area (Å²) < 4.78 is 7.42. The minimum absolute atomic E-state index is 0.511. The fraction of sp³-hybridized carbons (Fsp3) is 0.273. The highest BCUT2D eigenvalue weighted by atomic mass is 16.4. The van der Waals surface area contributed by atoms with Crippen molar-refractivity contribution in [3.63, 3.8) is 0 Å². The van der Waals surface area contributed by atoms with Crippen LogP contribution in [-0.4, -0.2) is 10.3 Å². The Morgan fingerprint density at radius 1 is 1.27 bits per heavy atom. The molecule has 0 fully saturated rings. The van der Waals surface area contributed by atoms with Crippen molar-refractivity contribution in [2.45, 2.75) is 13.8 Å². The summed E-state index contributed by atoms with van der Waals surface area (Å²) in [5.41, 5.74) is 3.25. The molecule has 0 atom stereocenters. The van der Waals surface area contributed by atoms with Gasteiger partial charge in [-0.2, -0.15) is 5.10 Å². The Kier molecular flexibility index (Phi) is 2.41. The van der Waals surface area contributed by atoms with E-state index in [1.54, 1.807) is 0 Å². The standard InChI is InChI=1S/C11H13N3O/c1-8(2)12-13-11-14(3)9-6-4-5-7-10(9)15-11/h4-7H,1-3H3. The van der Waals surface area contributed by atoms with Gasteiger partial charge < -0.3 is 4.42 Å². The monoisotopic (exact) mass is 203 g/mol. The number of rotatable bonds is 1. The predicted molar refractivity (Wildman–Crippen MR) is 59.5 cm³/mol. The topological polar surface area (TPSA) is 42.8 Å². The molecule has 15 heavy (non-hydrogen) atoms. The third kappa shape index (κ3) is 1.83. The van der Waals surface area contributed by atoms with Gasteiger partial charge in [0.15, 0.2) is 5.58 Å². The molecule has 0 saturated heterocycles. The molecule has 2 aromatic rings. The first-order valence-electron chi connectivity index (χ1n) is 4.78. The summed E-state index contributed by atoms with van der Waals surface area (Å²) in [4.78, 5) is 0. The largest absolute Gasteiger partial charge is 0.422 e. The first kappa shape index (κ1) is 9.71. The molecule has 2 rings (SSSR count). The highest BCUT2D eigenvalue weighted by molar-refractivity contribution is 5.78. The Morgan fingerprint density at radius 3 is 2.67 bits per heavy atom. The lowest BCUT2D eigenvalue weighted by molar-refractivity contribution is 0.501. The molecule has 0 saturated carbocycles. The van der Waals surface area contributed by atoms with Crippen LogP contribution in [0.1, 0.15) is 13.8 Å².